The fourth-order valence-corrected chi connectivity index (χ4v) is 3.64. The Morgan fingerprint density at radius 2 is 1.12 bits per heavy atom. The molecule has 1 heteroatoms. The van der Waals surface area contributed by atoms with E-state index in [4.69, 9.17) is 0 Å². The molecule has 0 fully saturated rings. The van der Waals surface area contributed by atoms with Crippen LogP contribution in [0.25, 0.3) is 0 Å². The van der Waals surface area contributed by atoms with Crippen molar-refractivity contribution in [2.75, 3.05) is 0 Å². The summed E-state index contributed by atoms with van der Waals surface area (Å²) in [5.74, 6) is 0. The number of hydrogen-bond acceptors (Lipinski definition) is 0. The quantitative estimate of drug-likeness (QED) is 0.204. The van der Waals surface area contributed by atoms with Gasteiger partial charge in [-0.05, 0) is 12.8 Å². The zero-order chi connectivity index (χ0) is 18.0. The molecule has 0 amide bonds. The first-order valence-electron chi connectivity index (χ1n) is 11.4. The average molecular weight is 347 g/mol. The molecule has 1 aromatic heterocycles. The van der Waals surface area contributed by atoms with Crippen LogP contribution in [0.4, 0.5) is 0 Å². The molecule has 0 radical (unpaired) electrons. The van der Waals surface area contributed by atoms with Gasteiger partial charge in [0.15, 0.2) is 11.9 Å². The zero-order valence-corrected chi connectivity index (χ0v) is 17.3. The first kappa shape index (κ1) is 22.2. The molecule has 0 spiro atoms. The Labute approximate surface area is 158 Å². The molecule has 0 unspecified atom stereocenters. The molecule has 1 heterocycles. The Morgan fingerprint density at radius 1 is 0.600 bits per heavy atom. The Hall–Kier alpha value is -0.850. The van der Waals surface area contributed by atoms with Crippen LogP contribution < -0.4 is 4.57 Å². The standard InChI is InChI=1S/C24H44N/c1-3-5-7-9-11-13-15-18-22-25-23-19-17-21-24(25)20-16-14-12-10-8-6-4-2/h17,19,21,23H,3-16,18,20,22H2,1-2H3/q+1. The summed E-state index contributed by atoms with van der Waals surface area (Å²) in [7, 11) is 0. The summed E-state index contributed by atoms with van der Waals surface area (Å²) in [6.07, 6.45) is 24.6. The van der Waals surface area contributed by atoms with Gasteiger partial charge in [-0.2, -0.15) is 0 Å². The highest BCUT2D eigenvalue weighted by atomic mass is 14.9. The highest BCUT2D eigenvalue weighted by Gasteiger charge is 2.08. The van der Waals surface area contributed by atoms with Gasteiger partial charge in [-0.1, -0.05) is 97.0 Å². The molecule has 0 saturated carbocycles. The predicted octanol–water partition coefficient (Wildman–Crippen LogP) is 7.41. The van der Waals surface area contributed by atoms with Crippen molar-refractivity contribution in [2.24, 2.45) is 0 Å². The van der Waals surface area contributed by atoms with Crippen LogP contribution in [0.1, 0.15) is 116 Å². The van der Waals surface area contributed by atoms with Crippen LogP contribution in [-0.2, 0) is 13.0 Å². The van der Waals surface area contributed by atoms with Crippen molar-refractivity contribution >= 4 is 0 Å². The van der Waals surface area contributed by atoms with E-state index in [2.05, 4.69) is 42.8 Å². The normalized spacial score (nSPS) is 11.1. The van der Waals surface area contributed by atoms with Crippen molar-refractivity contribution in [1.29, 1.82) is 0 Å². The van der Waals surface area contributed by atoms with E-state index in [9.17, 15) is 0 Å². The molecule has 0 aliphatic rings. The van der Waals surface area contributed by atoms with Gasteiger partial charge in [0, 0.05) is 25.0 Å². The molecule has 1 nitrogen and oxygen atoms in total. The Bertz CT molecular complexity index is 399. The summed E-state index contributed by atoms with van der Waals surface area (Å²) in [4.78, 5) is 0. The largest absolute Gasteiger partial charge is 0.202 e. The van der Waals surface area contributed by atoms with Crippen molar-refractivity contribution in [1.82, 2.24) is 0 Å². The van der Waals surface area contributed by atoms with Crippen LogP contribution in [0.2, 0.25) is 0 Å². The average Bonchev–Trinajstić information content (AvgIpc) is 2.64. The van der Waals surface area contributed by atoms with Crippen LogP contribution >= 0.6 is 0 Å². The number of pyridine rings is 1. The van der Waals surface area contributed by atoms with Gasteiger partial charge in [0.25, 0.3) is 0 Å². The van der Waals surface area contributed by atoms with Gasteiger partial charge >= 0.3 is 0 Å². The predicted molar refractivity (Wildman–Crippen MR) is 111 cm³/mol. The summed E-state index contributed by atoms with van der Waals surface area (Å²) in [6.45, 7) is 5.80. The summed E-state index contributed by atoms with van der Waals surface area (Å²) in [5, 5.41) is 0. The molecule has 0 N–H and O–H groups in total. The number of nitrogens with zero attached hydrogens (tertiary/aromatic N) is 1. The molecule has 0 aliphatic heterocycles. The van der Waals surface area contributed by atoms with Gasteiger partial charge in [-0.3, -0.25) is 0 Å². The third-order valence-corrected chi connectivity index (χ3v) is 5.32. The zero-order valence-electron chi connectivity index (χ0n) is 17.3. The van der Waals surface area contributed by atoms with Gasteiger partial charge < -0.3 is 0 Å². The molecular weight excluding hydrogens is 302 g/mol. The van der Waals surface area contributed by atoms with E-state index in [0.29, 0.717) is 0 Å². The Balaban J connectivity index is 2.12. The Morgan fingerprint density at radius 3 is 1.72 bits per heavy atom. The maximum Gasteiger partial charge on any atom is 0.181 e. The number of hydrogen-bond donors (Lipinski definition) is 0. The first-order chi connectivity index (χ1) is 12.4. The third-order valence-electron chi connectivity index (χ3n) is 5.32. The molecule has 1 aromatic rings. The van der Waals surface area contributed by atoms with Gasteiger partial charge in [-0.25, -0.2) is 4.57 Å². The molecule has 0 bridgehead atoms. The second kappa shape index (κ2) is 16.6. The van der Waals surface area contributed by atoms with E-state index >= 15 is 0 Å². The van der Waals surface area contributed by atoms with E-state index in [0.717, 1.165) is 0 Å². The van der Waals surface area contributed by atoms with E-state index in [-0.39, 0.29) is 0 Å². The van der Waals surface area contributed by atoms with Crippen molar-refractivity contribution in [3.8, 4) is 0 Å². The first-order valence-corrected chi connectivity index (χ1v) is 11.4. The lowest BCUT2D eigenvalue weighted by atomic mass is 10.1. The summed E-state index contributed by atoms with van der Waals surface area (Å²) < 4.78 is 2.51. The molecular formula is C24H44N+. The van der Waals surface area contributed by atoms with E-state index in [1.807, 2.05) is 0 Å². The maximum absolute atomic E-state index is 2.51. The minimum Gasteiger partial charge on any atom is -0.202 e. The number of rotatable bonds is 17. The Kier molecular flexibility index (Phi) is 14.7. The maximum atomic E-state index is 2.51. The second-order valence-electron chi connectivity index (χ2n) is 7.73. The fourth-order valence-electron chi connectivity index (χ4n) is 3.64. The van der Waals surface area contributed by atoms with Crippen LogP contribution in [-0.4, -0.2) is 0 Å². The van der Waals surface area contributed by atoms with E-state index in [1.54, 1.807) is 5.69 Å². The van der Waals surface area contributed by atoms with Gasteiger partial charge in [0.1, 0.15) is 6.54 Å². The summed E-state index contributed by atoms with van der Waals surface area (Å²) in [6, 6.07) is 6.74. The molecule has 144 valence electrons. The smallest absolute Gasteiger partial charge is 0.181 e. The molecule has 1 rings (SSSR count). The lowest BCUT2D eigenvalue weighted by molar-refractivity contribution is -0.704. The molecule has 25 heavy (non-hydrogen) atoms. The van der Waals surface area contributed by atoms with Gasteiger partial charge in [0.05, 0.1) is 0 Å². The minimum absolute atomic E-state index is 1.21. The second-order valence-corrected chi connectivity index (χ2v) is 7.73. The van der Waals surface area contributed by atoms with E-state index in [1.165, 1.54) is 109 Å². The lowest BCUT2D eigenvalue weighted by Crippen LogP contribution is -2.37. The van der Waals surface area contributed by atoms with Crippen LogP contribution in [0.15, 0.2) is 24.4 Å². The summed E-state index contributed by atoms with van der Waals surface area (Å²) in [5.41, 5.74) is 1.54. The van der Waals surface area contributed by atoms with Crippen molar-refractivity contribution in [3.63, 3.8) is 0 Å². The molecule has 0 atom stereocenters. The topological polar surface area (TPSA) is 3.88 Å². The van der Waals surface area contributed by atoms with Gasteiger partial charge in [0.2, 0.25) is 0 Å². The van der Waals surface area contributed by atoms with Crippen LogP contribution in [0.3, 0.4) is 0 Å². The van der Waals surface area contributed by atoms with Crippen molar-refractivity contribution in [2.45, 2.75) is 123 Å². The lowest BCUT2D eigenvalue weighted by Gasteiger charge is -2.05. The van der Waals surface area contributed by atoms with Gasteiger partial charge in [-0.15, -0.1) is 0 Å². The summed E-state index contributed by atoms with van der Waals surface area (Å²) >= 11 is 0. The molecule has 0 saturated heterocycles. The monoisotopic (exact) mass is 346 g/mol. The van der Waals surface area contributed by atoms with E-state index < -0.39 is 0 Å². The third kappa shape index (κ3) is 12.2. The number of unbranched alkanes of at least 4 members (excludes halogenated alkanes) is 13. The minimum atomic E-state index is 1.21. The highest BCUT2D eigenvalue weighted by molar-refractivity contribution is 4.97. The number of aromatic nitrogens is 1. The molecule has 0 aromatic carbocycles. The fraction of sp³-hybridized carbons (Fsp3) is 0.792. The highest BCUT2D eigenvalue weighted by Crippen LogP contribution is 2.10. The molecule has 0 aliphatic carbocycles. The number of aryl methyl sites for hydroxylation is 2. The SMILES string of the molecule is CCCCCCCCCC[n+]1ccccc1CCCCCCCCC. The van der Waals surface area contributed by atoms with Crippen molar-refractivity contribution in [3.05, 3.63) is 30.1 Å². The van der Waals surface area contributed by atoms with Crippen LogP contribution in [0, 0.1) is 0 Å². The van der Waals surface area contributed by atoms with Crippen LogP contribution in [0.5, 0.6) is 0 Å². The van der Waals surface area contributed by atoms with Crippen molar-refractivity contribution < 1.29 is 4.57 Å².